The number of amides is 1. The zero-order chi connectivity index (χ0) is 34.9. The van der Waals surface area contributed by atoms with Crippen molar-refractivity contribution in [2.24, 2.45) is 0 Å². The highest BCUT2D eigenvalue weighted by atomic mass is 16.5. The summed E-state index contributed by atoms with van der Waals surface area (Å²) in [5.74, 6) is -0.530. The van der Waals surface area contributed by atoms with E-state index >= 15 is 0 Å². The van der Waals surface area contributed by atoms with Crippen LogP contribution >= 0.6 is 0 Å². The van der Waals surface area contributed by atoms with Crippen molar-refractivity contribution in [3.63, 3.8) is 0 Å². The number of hydrogen-bond acceptors (Lipinski definition) is 7. The number of H-pyrrole nitrogens is 2. The van der Waals surface area contributed by atoms with Gasteiger partial charge in [-0.15, -0.1) is 0 Å². The van der Waals surface area contributed by atoms with E-state index in [1.165, 1.54) is 14.2 Å². The standard InChI is InChI=1S/C38H47N5O5/c1-10-27-33-17-28-21(2)15-24(39-28)16-29-22(3)25(11-13-36(45)47-8)31(40-29)18-32-26(12-14-37(46)48-9)23(4)30(41-32)19-34(42-33)38(27,5)20-35(44)43(6)7/h15-19,27,40-41H,10-14,20H2,1-9H3/t27-,38+/m1/s1. The third kappa shape index (κ3) is 6.66. The number of aromatic nitrogens is 4. The molecule has 0 aliphatic carbocycles. The minimum atomic E-state index is -0.564. The summed E-state index contributed by atoms with van der Waals surface area (Å²) in [6, 6.07) is 8.23. The molecule has 0 saturated carbocycles. The molecular weight excluding hydrogens is 606 g/mol. The summed E-state index contributed by atoms with van der Waals surface area (Å²) in [4.78, 5) is 56.9. The van der Waals surface area contributed by atoms with Crippen molar-refractivity contribution >= 4 is 51.6 Å². The van der Waals surface area contributed by atoms with Gasteiger partial charge < -0.3 is 24.3 Å². The highest BCUT2D eigenvalue weighted by molar-refractivity contribution is 5.85. The van der Waals surface area contributed by atoms with Crippen molar-refractivity contribution in [3.8, 4) is 0 Å². The SMILES string of the molecule is CC[C@@H]1c2cc3nc(cc4[nH]c(cc5[nH]c(cc(n2)[C@@]1(C)CC(=O)N(C)C)c(C)c5CCC(=O)OC)c(CCC(=O)OC)c4C)C=C3C. The van der Waals surface area contributed by atoms with E-state index in [4.69, 9.17) is 19.4 Å². The van der Waals surface area contributed by atoms with Crippen LogP contribution in [0.25, 0.3) is 33.7 Å². The van der Waals surface area contributed by atoms with Gasteiger partial charge in [0.05, 0.1) is 25.6 Å². The van der Waals surface area contributed by atoms with Crippen molar-refractivity contribution in [3.05, 3.63) is 69.3 Å². The maximum atomic E-state index is 13.3. The number of hydrogen-bond donors (Lipinski definition) is 2. The summed E-state index contributed by atoms with van der Waals surface area (Å²) in [7, 11) is 6.37. The molecule has 10 nitrogen and oxygen atoms in total. The average Bonchev–Trinajstić information content (AvgIpc) is 3.71. The second-order valence-corrected chi connectivity index (χ2v) is 13.4. The second kappa shape index (κ2) is 13.8. The predicted molar refractivity (Wildman–Crippen MR) is 188 cm³/mol. The van der Waals surface area contributed by atoms with E-state index in [2.05, 4.69) is 48.1 Å². The first-order chi connectivity index (χ1) is 22.8. The lowest BCUT2D eigenvalue weighted by Gasteiger charge is -2.31. The molecule has 0 saturated heterocycles. The molecule has 0 fully saturated rings. The maximum absolute atomic E-state index is 13.3. The number of methoxy groups -OCH3 is 2. The molecule has 10 heteroatoms. The summed E-state index contributed by atoms with van der Waals surface area (Å²) < 4.78 is 9.94. The van der Waals surface area contributed by atoms with Crippen molar-refractivity contribution < 1.29 is 23.9 Å². The molecule has 2 N–H and O–H groups in total. The Morgan fingerprint density at radius 1 is 0.833 bits per heavy atom. The first-order valence-electron chi connectivity index (χ1n) is 16.6. The van der Waals surface area contributed by atoms with E-state index < -0.39 is 5.41 Å². The van der Waals surface area contributed by atoms with E-state index in [1.54, 1.807) is 19.0 Å². The number of nitrogens with zero attached hydrogens (tertiary/aromatic N) is 3. The molecule has 0 unspecified atom stereocenters. The molecular formula is C38H47N5O5. The van der Waals surface area contributed by atoms with Crippen LogP contribution in [0.4, 0.5) is 0 Å². The molecule has 5 rings (SSSR count). The Morgan fingerprint density at radius 2 is 1.40 bits per heavy atom. The molecule has 2 aliphatic rings. The number of ether oxygens (including phenoxy) is 2. The number of carbonyl (C=O) groups excluding carboxylic acids is 3. The summed E-state index contributed by atoms with van der Waals surface area (Å²) >= 11 is 0. The number of fused-ring (bicyclic) bond motifs is 8. The third-order valence-corrected chi connectivity index (χ3v) is 10.1. The van der Waals surface area contributed by atoms with Crippen molar-refractivity contribution in [1.82, 2.24) is 24.8 Å². The molecule has 1 amide bonds. The number of allylic oxidation sites excluding steroid dienone is 1. The van der Waals surface area contributed by atoms with Crippen LogP contribution in [0.1, 0.15) is 97.4 Å². The van der Waals surface area contributed by atoms with Gasteiger partial charge in [0, 0.05) is 78.1 Å². The third-order valence-electron chi connectivity index (χ3n) is 10.1. The monoisotopic (exact) mass is 653 g/mol. The molecule has 48 heavy (non-hydrogen) atoms. The fraction of sp³-hybridized carbons (Fsp3) is 0.447. The topological polar surface area (TPSA) is 130 Å². The van der Waals surface area contributed by atoms with Crippen molar-refractivity contribution in [2.75, 3.05) is 28.3 Å². The van der Waals surface area contributed by atoms with Crippen LogP contribution in [0, 0.1) is 13.8 Å². The van der Waals surface area contributed by atoms with E-state index in [-0.39, 0.29) is 36.6 Å². The lowest BCUT2D eigenvalue weighted by molar-refractivity contribution is -0.141. The summed E-state index contributed by atoms with van der Waals surface area (Å²) in [5, 5.41) is 0. The molecule has 0 radical (unpaired) electrons. The Labute approximate surface area is 282 Å². The van der Waals surface area contributed by atoms with Crippen LogP contribution in [-0.2, 0) is 42.1 Å². The van der Waals surface area contributed by atoms with E-state index in [0.717, 1.165) is 79.1 Å². The van der Waals surface area contributed by atoms with E-state index in [1.807, 2.05) is 26.8 Å². The van der Waals surface area contributed by atoms with E-state index in [0.29, 0.717) is 19.3 Å². The van der Waals surface area contributed by atoms with Gasteiger partial charge in [0.2, 0.25) is 5.91 Å². The van der Waals surface area contributed by atoms with Gasteiger partial charge in [-0.2, -0.15) is 0 Å². The highest BCUT2D eigenvalue weighted by Gasteiger charge is 2.44. The van der Waals surface area contributed by atoms with Crippen LogP contribution in [0.5, 0.6) is 0 Å². The molecule has 2 atom stereocenters. The number of rotatable bonds is 9. The minimum Gasteiger partial charge on any atom is -0.469 e. The molecule has 2 aliphatic heterocycles. The summed E-state index contributed by atoms with van der Waals surface area (Å²) in [5.41, 5.74) is 11.3. The lowest BCUT2D eigenvalue weighted by atomic mass is 9.71. The maximum Gasteiger partial charge on any atom is 0.305 e. The summed E-state index contributed by atoms with van der Waals surface area (Å²) in [6.07, 6.45) is 4.58. The predicted octanol–water partition coefficient (Wildman–Crippen LogP) is 6.63. The van der Waals surface area contributed by atoms with Gasteiger partial charge in [-0.05, 0) is 98.2 Å². The number of carbonyl (C=O) groups is 3. The average molecular weight is 654 g/mol. The molecule has 0 aromatic carbocycles. The molecule has 5 heterocycles. The first-order valence-corrected chi connectivity index (χ1v) is 16.6. The minimum absolute atomic E-state index is 0.00267. The van der Waals surface area contributed by atoms with Gasteiger partial charge in [-0.3, -0.25) is 19.4 Å². The van der Waals surface area contributed by atoms with Crippen LogP contribution in [0.15, 0.2) is 24.3 Å². The number of aryl methyl sites for hydroxylation is 4. The van der Waals surface area contributed by atoms with Crippen molar-refractivity contribution in [2.45, 2.75) is 84.5 Å². The van der Waals surface area contributed by atoms with Gasteiger partial charge in [-0.1, -0.05) is 13.8 Å². The zero-order valence-corrected chi connectivity index (χ0v) is 29.6. The Morgan fingerprint density at radius 3 is 1.92 bits per heavy atom. The normalized spacial score (nSPS) is 17.2. The van der Waals surface area contributed by atoms with Gasteiger partial charge in [0.15, 0.2) is 0 Å². The fourth-order valence-electron chi connectivity index (χ4n) is 7.07. The quantitative estimate of drug-likeness (QED) is 0.248. The Kier molecular flexibility index (Phi) is 9.94. The molecule has 8 bridgehead atoms. The highest BCUT2D eigenvalue weighted by Crippen LogP contribution is 2.47. The van der Waals surface area contributed by atoms with Crippen LogP contribution in [0.2, 0.25) is 0 Å². The Balaban J connectivity index is 1.89. The number of nitrogens with one attached hydrogen (secondary N) is 2. The molecule has 0 spiro atoms. The van der Waals surface area contributed by atoms with Gasteiger partial charge >= 0.3 is 11.9 Å². The van der Waals surface area contributed by atoms with Gasteiger partial charge in [-0.25, -0.2) is 4.98 Å². The molecule has 254 valence electrons. The van der Waals surface area contributed by atoms with Crippen LogP contribution < -0.4 is 0 Å². The zero-order valence-electron chi connectivity index (χ0n) is 29.6. The number of esters is 2. The van der Waals surface area contributed by atoms with E-state index in [9.17, 15) is 14.4 Å². The van der Waals surface area contributed by atoms with Crippen molar-refractivity contribution in [1.29, 1.82) is 0 Å². The first kappa shape index (κ1) is 34.6. The lowest BCUT2D eigenvalue weighted by Crippen LogP contribution is -2.34. The fourth-order valence-corrected chi connectivity index (χ4v) is 7.07. The van der Waals surface area contributed by atoms with Gasteiger partial charge in [0.1, 0.15) is 0 Å². The smallest absolute Gasteiger partial charge is 0.305 e. The Hall–Kier alpha value is -4.73. The van der Waals surface area contributed by atoms with Crippen LogP contribution in [-0.4, -0.2) is 71.0 Å². The molecule has 3 aromatic heterocycles. The Bertz CT molecular complexity index is 1970. The molecule has 3 aromatic rings. The van der Waals surface area contributed by atoms with Crippen LogP contribution in [0.3, 0.4) is 0 Å². The largest absolute Gasteiger partial charge is 0.469 e. The number of aromatic amines is 2. The van der Waals surface area contributed by atoms with Gasteiger partial charge in [0.25, 0.3) is 0 Å². The second-order valence-electron chi connectivity index (χ2n) is 13.4. The summed E-state index contributed by atoms with van der Waals surface area (Å²) in [6.45, 7) is 10.4.